The Morgan fingerprint density at radius 2 is 2.05 bits per heavy atom. The van der Waals surface area contributed by atoms with Crippen molar-refractivity contribution in [1.82, 2.24) is 9.97 Å². The number of aryl methyl sites for hydroxylation is 2. The normalized spacial score (nSPS) is 15.8. The summed E-state index contributed by atoms with van der Waals surface area (Å²) in [7, 11) is 1.34. The topological polar surface area (TPSA) is 120 Å². The van der Waals surface area contributed by atoms with Crippen LogP contribution in [0.4, 0.5) is 26.5 Å². The Morgan fingerprint density at radius 1 is 1.22 bits per heavy atom. The quantitative estimate of drug-likeness (QED) is 0.246. The van der Waals surface area contributed by atoms with E-state index in [1.807, 2.05) is 4.90 Å². The summed E-state index contributed by atoms with van der Waals surface area (Å²) in [5.41, 5.74) is 1.55. The van der Waals surface area contributed by atoms with Gasteiger partial charge in [0.15, 0.2) is 17.2 Å². The van der Waals surface area contributed by atoms with Crippen LogP contribution in [-0.2, 0) is 31.9 Å². The molecular formula is C29H30F2N4O6. The monoisotopic (exact) mass is 568 g/mol. The maximum atomic E-state index is 15.3. The number of carbonyl (C=O) groups is 2. The Bertz CT molecular complexity index is 1570. The molecule has 1 unspecified atom stereocenters. The van der Waals surface area contributed by atoms with Crippen LogP contribution in [0.1, 0.15) is 36.7 Å². The highest BCUT2D eigenvalue weighted by molar-refractivity contribution is 5.86. The van der Waals surface area contributed by atoms with E-state index in [1.165, 1.54) is 25.3 Å². The maximum Gasteiger partial charge on any atom is 0.305 e. The third kappa shape index (κ3) is 6.54. The molecule has 0 spiro atoms. The van der Waals surface area contributed by atoms with E-state index in [1.54, 1.807) is 32.2 Å². The number of hydrogen-bond donors (Lipinski definition) is 1. The summed E-state index contributed by atoms with van der Waals surface area (Å²) in [4.78, 5) is 34.7. The molecule has 1 fully saturated rings. The number of Topliss-reactive ketones (excluding diaryl/α,β-unsaturated/α-hetero) is 1. The lowest BCUT2D eigenvalue weighted by Gasteiger charge is -2.18. The Balaban J connectivity index is 1.17. The SMILES string of the molecule is COC(=O)CCc1cnc(N2CC[C@H](OC(C)C(=O)Cc3ccc4nc(Nc5cc(F)ccc5C)oc4c3F)C2)o1. The average Bonchev–Trinajstić information content (AvgIpc) is 3.71. The lowest BCUT2D eigenvalue weighted by Crippen LogP contribution is -2.30. The van der Waals surface area contributed by atoms with Crippen molar-refractivity contribution in [1.29, 1.82) is 0 Å². The standard InChI is InChI=1S/C29H30F2N4O6/c1-16-4-6-19(30)13-23(16)34-28-33-22-8-5-18(26(31)27(22)41-28)12-24(36)17(2)39-21-10-11-35(15-21)29-32-14-20(40-29)7-9-25(37)38-3/h4-6,8,13-14,17,21H,7,9-12,15H2,1-3H3,(H,33,34)/t17?,21-/m0/s1. The van der Waals surface area contributed by atoms with E-state index in [2.05, 4.69) is 20.0 Å². The van der Waals surface area contributed by atoms with Crippen molar-refractivity contribution in [2.24, 2.45) is 0 Å². The molecular weight excluding hydrogens is 538 g/mol. The van der Waals surface area contributed by atoms with E-state index in [0.29, 0.717) is 43.4 Å². The van der Waals surface area contributed by atoms with E-state index in [9.17, 15) is 14.0 Å². The van der Waals surface area contributed by atoms with Gasteiger partial charge >= 0.3 is 5.97 Å². The molecule has 0 amide bonds. The van der Waals surface area contributed by atoms with Gasteiger partial charge in [-0.05, 0) is 49.6 Å². The molecule has 0 saturated carbocycles. The van der Waals surface area contributed by atoms with Crippen LogP contribution >= 0.6 is 0 Å². The van der Waals surface area contributed by atoms with Crippen molar-refractivity contribution < 1.29 is 36.7 Å². The van der Waals surface area contributed by atoms with E-state index < -0.39 is 17.7 Å². The van der Waals surface area contributed by atoms with E-state index in [0.717, 1.165) is 5.56 Å². The average molecular weight is 569 g/mol. The molecule has 1 aliphatic heterocycles. The van der Waals surface area contributed by atoms with Gasteiger partial charge in [0.1, 0.15) is 23.2 Å². The molecule has 10 nitrogen and oxygen atoms in total. The molecule has 41 heavy (non-hydrogen) atoms. The Hall–Kier alpha value is -4.32. The number of benzene rings is 2. The molecule has 2 aromatic heterocycles. The van der Waals surface area contributed by atoms with Crippen molar-refractivity contribution in [3.63, 3.8) is 0 Å². The van der Waals surface area contributed by atoms with Gasteiger partial charge in [-0.2, -0.15) is 4.98 Å². The molecule has 0 bridgehead atoms. The first-order chi connectivity index (χ1) is 19.7. The van der Waals surface area contributed by atoms with Crippen molar-refractivity contribution in [2.45, 2.75) is 51.7 Å². The van der Waals surface area contributed by atoms with E-state index >= 15 is 4.39 Å². The minimum absolute atomic E-state index is 0.0141. The molecule has 3 heterocycles. The van der Waals surface area contributed by atoms with Crippen LogP contribution < -0.4 is 10.2 Å². The van der Waals surface area contributed by atoms with Gasteiger partial charge in [-0.25, -0.2) is 13.8 Å². The molecule has 216 valence electrons. The highest BCUT2D eigenvalue weighted by Crippen LogP contribution is 2.29. The van der Waals surface area contributed by atoms with E-state index in [4.69, 9.17) is 13.6 Å². The number of ketones is 1. The molecule has 12 heteroatoms. The second-order valence-electron chi connectivity index (χ2n) is 9.95. The molecule has 0 radical (unpaired) electrons. The summed E-state index contributed by atoms with van der Waals surface area (Å²) in [6.45, 7) is 4.55. The summed E-state index contributed by atoms with van der Waals surface area (Å²) in [5, 5.41) is 2.87. The number of methoxy groups -OCH3 is 1. The zero-order valence-corrected chi connectivity index (χ0v) is 22.9. The first-order valence-corrected chi connectivity index (χ1v) is 13.3. The van der Waals surface area contributed by atoms with Crippen LogP contribution in [0.15, 0.2) is 45.4 Å². The molecule has 5 rings (SSSR count). The number of nitrogens with one attached hydrogen (secondary N) is 1. The molecule has 2 atom stereocenters. The van der Waals surface area contributed by atoms with Gasteiger partial charge in [0, 0.05) is 31.6 Å². The predicted octanol–water partition coefficient (Wildman–Crippen LogP) is 5.05. The highest BCUT2D eigenvalue weighted by Gasteiger charge is 2.30. The molecule has 4 aromatic rings. The van der Waals surface area contributed by atoms with Crippen LogP contribution in [0.3, 0.4) is 0 Å². The lowest BCUT2D eigenvalue weighted by molar-refractivity contribution is -0.140. The third-order valence-electron chi connectivity index (χ3n) is 6.99. The number of nitrogens with zero attached hydrogens (tertiary/aromatic N) is 3. The van der Waals surface area contributed by atoms with Crippen LogP contribution in [0.2, 0.25) is 0 Å². The summed E-state index contributed by atoms with van der Waals surface area (Å²) in [5.74, 6) is -1.14. The van der Waals surface area contributed by atoms with Crippen molar-refractivity contribution in [3.05, 3.63) is 65.1 Å². The zero-order chi connectivity index (χ0) is 29.1. The van der Waals surface area contributed by atoms with Gasteiger partial charge in [-0.15, -0.1) is 0 Å². The molecule has 1 saturated heterocycles. The maximum absolute atomic E-state index is 15.3. The molecule has 0 aliphatic carbocycles. The minimum atomic E-state index is -0.766. The van der Waals surface area contributed by atoms with Gasteiger partial charge in [-0.3, -0.25) is 9.59 Å². The lowest BCUT2D eigenvalue weighted by atomic mass is 10.0. The van der Waals surface area contributed by atoms with Crippen LogP contribution in [-0.4, -0.2) is 54.1 Å². The minimum Gasteiger partial charge on any atom is -0.469 e. The second kappa shape index (κ2) is 12.0. The van der Waals surface area contributed by atoms with E-state index in [-0.39, 0.29) is 53.4 Å². The number of anilines is 3. The van der Waals surface area contributed by atoms with Crippen molar-refractivity contribution in [2.75, 3.05) is 30.4 Å². The fourth-order valence-electron chi connectivity index (χ4n) is 4.63. The first-order valence-electron chi connectivity index (χ1n) is 13.3. The zero-order valence-electron chi connectivity index (χ0n) is 22.9. The Morgan fingerprint density at radius 3 is 2.85 bits per heavy atom. The Kier molecular flexibility index (Phi) is 8.29. The van der Waals surface area contributed by atoms with Crippen molar-refractivity contribution in [3.8, 4) is 0 Å². The van der Waals surface area contributed by atoms with Gasteiger partial charge in [0.05, 0.1) is 25.8 Å². The first kappa shape index (κ1) is 28.2. The van der Waals surface area contributed by atoms with Gasteiger partial charge in [-0.1, -0.05) is 12.1 Å². The molecule has 1 aliphatic rings. The van der Waals surface area contributed by atoms with Crippen LogP contribution in [0, 0.1) is 18.6 Å². The van der Waals surface area contributed by atoms with Crippen molar-refractivity contribution >= 4 is 40.6 Å². The number of esters is 1. The summed E-state index contributed by atoms with van der Waals surface area (Å²) >= 11 is 0. The number of fused-ring (bicyclic) bond motifs is 1. The highest BCUT2D eigenvalue weighted by atomic mass is 19.1. The summed E-state index contributed by atoms with van der Waals surface area (Å²) < 4.78 is 50.9. The largest absolute Gasteiger partial charge is 0.469 e. The molecule has 2 aromatic carbocycles. The number of rotatable bonds is 11. The Labute approximate surface area is 234 Å². The van der Waals surface area contributed by atoms with Gasteiger partial charge in [0.2, 0.25) is 0 Å². The summed E-state index contributed by atoms with van der Waals surface area (Å²) in [6, 6.07) is 7.76. The fraction of sp³-hybridized carbons (Fsp3) is 0.379. The number of oxazole rings is 2. The third-order valence-corrected chi connectivity index (χ3v) is 6.99. The van der Waals surface area contributed by atoms with Gasteiger partial charge in [0.25, 0.3) is 12.0 Å². The second-order valence-corrected chi connectivity index (χ2v) is 9.95. The summed E-state index contributed by atoms with van der Waals surface area (Å²) in [6.07, 6.45) is 1.65. The number of hydrogen-bond acceptors (Lipinski definition) is 10. The fourth-order valence-corrected chi connectivity index (χ4v) is 4.63. The molecule has 1 N–H and O–H groups in total. The van der Waals surface area contributed by atoms with Crippen LogP contribution in [0.5, 0.6) is 0 Å². The number of halogens is 2. The number of carbonyl (C=O) groups excluding carboxylic acids is 2. The number of ether oxygens (including phenoxy) is 2. The predicted molar refractivity (Wildman–Crippen MR) is 145 cm³/mol. The van der Waals surface area contributed by atoms with Crippen LogP contribution in [0.25, 0.3) is 11.1 Å². The van der Waals surface area contributed by atoms with Gasteiger partial charge < -0.3 is 28.5 Å². The number of aromatic nitrogens is 2. The smallest absolute Gasteiger partial charge is 0.305 e.